The first-order valence-corrected chi connectivity index (χ1v) is 7.39. The van der Waals surface area contributed by atoms with E-state index in [1.807, 2.05) is 67.3 Å². The highest BCUT2D eigenvalue weighted by molar-refractivity contribution is 6.30. The van der Waals surface area contributed by atoms with Crippen molar-refractivity contribution in [3.63, 3.8) is 0 Å². The summed E-state index contributed by atoms with van der Waals surface area (Å²) < 4.78 is 0. The lowest BCUT2D eigenvalue weighted by Gasteiger charge is -2.40. The number of carbonyl (C=O) groups is 1. The lowest BCUT2D eigenvalue weighted by Crippen LogP contribution is -2.46. The van der Waals surface area contributed by atoms with Gasteiger partial charge in [0.25, 0.3) is 5.91 Å². The quantitative estimate of drug-likeness (QED) is 0.896. The van der Waals surface area contributed by atoms with Crippen molar-refractivity contribution in [1.82, 2.24) is 4.90 Å². The molecule has 1 N–H and O–H groups in total. The van der Waals surface area contributed by atoms with Gasteiger partial charge < -0.3 is 10.2 Å². The van der Waals surface area contributed by atoms with Gasteiger partial charge in [-0.15, -0.1) is 0 Å². The fraction of sp³-hybridized carbons (Fsp3) is 0.235. The maximum absolute atomic E-state index is 12.8. The second-order valence-corrected chi connectivity index (χ2v) is 5.89. The Hall–Kier alpha value is -2.00. The minimum absolute atomic E-state index is 0.0549. The van der Waals surface area contributed by atoms with Crippen LogP contribution in [-0.2, 0) is 0 Å². The van der Waals surface area contributed by atoms with Crippen molar-refractivity contribution in [2.24, 2.45) is 0 Å². The average molecular weight is 301 g/mol. The lowest BCUT2D eigenvalue weighted by molar-refractivity contribution is 0.0617. The minimum Gasteiger partial charge on any atom is -0.361 e. The molecule has 3 rings (SSSR count). The third-order valence-corrected chi connectivity index (χ3v) is 3.96. The van der Waals surface area contributed by atoms with Crippen molar-refractivity contribution in [3.8, 4) is 0 Å². The molecule has 2 aromatic rings. The van der Waals surface area contributed by atoms with Crippen LogP contribution in [0.1, 0.15) is 35.9 Å². The second-order valence-electron chi connectivity index (χ2n) is 5.45. The topological polar surface area (TPSA) is 32.3 Å². The Balaban J connectivity index is 2.07. The molecule has 1 unspecified atom stereocenters. The Morgan fingerprint density at radius 3 is 2.43 bits per heavy atom. The van der Waals surface area contributed by atoms with Gasteiger partial charge in [-0.3, -0.25) is 4.79 Å². The number of amides is 1. The maximum atomic E-state index is 12.8. The molecule has 1 amide bonds. The van der Waals surface area contributed by atoms with Crippen LogP contribution in [0.5, 0.6) is 0 Å². The Labute approximate surface area is 129 Å². The van der Waals surface area contributed by atoms with Gasteiger partial charge in [0, 0.05) is 16.8 Å². The van der Waals surface area contributed by atoms with Crippen LogP contribution >= 0.6 is 11.6 Å². The van der Waals surface area contributed by atoms with Gasteiger partial charge in [-0.25, -0.2) is 0 Å². The molecule has 108 valence electrons. The van der Waals surface area contributed by atoms with E-state index in [0.717, 1.165) is 16.8 Å². The molecule has 2 aromatic carbocycles. The predicted molar refractivity (Wildman–Crippen MR) is 85.6 cm³/mol. The number of carbonyl (C=O) groups excluding carboxylic acids is 1. The van der Waals surface area contributed by atoms with E-state index in [2.05, 4.69) is 5.32 Å². The zero-order valence-corrected chi connectivity index (χ0v) is 12.8. The Morgan fingerprint density at radius 1 is 1.10 bits per heavy atom. The summed E-state index contributed by atoms with van der Waals surface area (Å²) in [6, 6.07) is 15.3. The summed E-state index contributed by atoms with van der Waals surface area (Å²) in [6.07, 6.45) is -0.176. The summed E-state index contributed by atoms with van der Waals surface area (Å²) in [5.74, 6) is 0.0549. The van der Waals surface area contributed by atoms with Crippen LogP contribution in [0.15, 0.2) is 48.5 Å². The first-order valence-electron chi connectivity index (χ1n) is 7.01. The van der Waals surface area contributed by atoms with Crippen LogP contribution < -0.4 is 5.32 Å². The van der Waals surface area contributed by atoms with Crippen LogP contribution in [0.25, 0.3) is 0 Å². The van der Waals surface area contributed by atoms with Crippen LogP contribution in [0, 0.1) is 0 Å². The zero-order valence-electron chi connectivity index (χ0n) is 12.0. The van der Waals surface area contributed by atoms with Crippen molar-refractivity contribution in [1.29, 1.82) is 0 Å². The number of hydrogen-bond donors (Lipinski definition) is 1. The van der Waals surface area contributed by atoms with Gasteiger partial charge in [-0.05, 0) is 43.7 Å². The van der Waals surface area contributed by atoms with Crippen LogP contribution in [0.2, 0.25) is 5.02 Å². The van der Waals surface area contributed by atoms with E-state index in [1.165, 1.54) is 0 Å². The summed E-state index contributed by atoms with van der Waals surface area (Å²) >= 11 is 5.96. The van der Waals surface area contributed by atoms with Crippen LogP contribution in [0.4, 0.5) is 5.69 Å². The Kier molecular flexibility index (Phi) is 3.60. The van der Waals surface area contributed by atoms with E-state index in [1.54, 1.807) is 0 Å². The van der Waals surface area contributed by atoms with Gasteiger partial charge in [0.15, 0.2) is 0 Å². The Morgan fingerprint density at radius 2 is 1.76 bits per heavy atom. The number of fused-ring (bicyclic) bond motifs is 1. The standard InChI is InChI=1S/C17H17ClN2O/c1-11(2)20-16(12-7-9-13(18)10-8-12)19-15-6-4-3-5-14(15)17(20)21/h3-11,16,19H,1-2H3. The molecule has 3 nitrogen and oxygen atoms in total. The zero-order chi connectivity index (χ0) is 15.0. The van der Waals surface area contributed by atoms with Crippen LogP contribution in [-0.4, -0.2) is 16.8 Å². The molecule has 0 saturated heterocycles. The predicted octanol–water partition coefficient (Wildman–Crippen LogP) is 4.31. The number of rotatable bonds is 2. The van der Waals surface area contributed by atoms with E-state index >= 15 is 0 Å². The minimum atomic E-state index is -0.176. The average Bonchev–Trinajstić information content (AvgIpc) is 2.47. The molecule has 0 radical (unpaired) electrons. The molecule has 0 aliphatic carbocycles. The SMILES string of the molecule is CC(C)N1C(=O)c2ccccc2NC1c1ccc(Cl)cc1. The Bertz CT molecular complexity index is 667. The highest BCUT2D eigenvalue weighted by atomic mass is 35.5. The van der Waals surface area contributed by atoms with Gasteiger partial charge >= 0.3 is 0 Å². The van der Waals surface area contributed by atoms with Gasteiger partial charge in [0.1, 0.15) is 6.17 Å². The fourth-order valence-electron chi connectivity index (χ4n) is 2.69. The number of benzene rings is 2. The summed E-state index contributed by atoms with van der Waals surface area (Å²) in [4.78, 5) is 14.6. The number of para-hydroxylation sites is 1. The van der Waals surface area contributed by atoms with Gasteiger partial charge in [0.2, 0.25) is 0 Å². The molecule has 0 spiro atoms. The number of halogens is 1. The molecule has 0 saturated carbocycles. The highest BCUT2D eigenvalue weighted by Crippen LogP contribution is 2.34. The molecule has 1 aliphatic heterocycles. The molecule has 1 atom stereocenters. The molecular weight excluding hydrogens is 284 g/mol. The van der Waals surface area contributed by atoms with E-state index in [4.69, 9.17) is 11.6 Å². The maximum Gasteiger partial charge on any atom is 0.258 e. The van der Waals surface area contributed by atoms with Gasteiger partial charge in [0.05, 0.1) is 5.56 Å². The molecular formula is C17H17ClN2O. The molecule has 0 bridgehead atoms. The molecule has 1 heterocycles. The lowest BCUT2D eigenvalue weighted by atomic mass is 10.0. The first kappa shape index (κ1) is 14.0. The van der Waals surface area contributed by atoms with Crippen molar-refractivity contribution < 1.29 is 4.79 Å². The van der Waals surface area contributed by atoms with Crippen molar-refractivity contribution in [2.75, 3.05) is 5.32 Å². The van der Waals surface area contributed by atoms with E-state index in [9.17, 15) is 4.79 Å². The number of nitrogens with one attached hydrogen (secondary N) is 1. The summed E-state index contributed by atoms with van der Waals surface area (Å²) in [5.41, 5.74) is 2.62. The fourth-order valence-corrected chi connectivity index (χ4v) is 2.82. The summed E-state index contributed by atoms with van der Waals surface area (Å²) in [6.45, 7) is 4.05. The summed E-state index contributed by atoms with van der Waals surface area (Å²) in [5, 5.41) is 4.15. The van der Waals surface area contributed by atoms with Crippen molar-refractivity contribution in [2.45, 2.75) is 26.1 Å². The van der Waals surface area contributed by atoms with E-state index in [-0.39, 0.29) is 18.1 Å². The monoisotopic (exact) mass is 300 g/mol. The van der Waals surface area contributed by atoms with Crippen molar-refractivity contribution >= 4 is 23.2 Å². The molecule has 0 fully saturated rings. The third kappa shape index (κ3) is 2.49. The second kappa shape index (κ2) is 5.41. The van der Waals surface area contributed by atoms with Crippen LogP contribution in [0.3, 0.4) is 0 Å². The first-order chi connectivity index (χ1) is 10.1. The van der Waals surface area contributed by atoms with Gasteiger partial charge in [-0.2, -0.15) is 0 Å². The number of nitrogens with zero attached hydrogens (tertiary/aromatic N) is 1. The molecule has 1 aliphatic rings. The van der Waals surface area contributed by atoms with E-state index in [0.29, 0.717) is 5.02 Å². The number of hydrogen-bond acceptors (Lipinski definition) is 2. The van der Waals surface area contributed by atoms with E-state index < -0.39 is 0 Å². The molecule has 21 heavy (non-hydrogen) atoms. The number of anilines is 1. The smallest absolute Gasteiger partial charge is 0.258 e. The summed E-state index contributed by atoms with van der Waals surface area (Å²) in [7, 11) is 0. The molecule has 0 aromatic heterocycles. The van der Waals surface area contributed by atoms with Gasteiger partial charge in [-0.1, -0.05) is 35.9 Å². The largest absolute Gasteiger partial charge is 0.361 e. The highest BCUT2D eigenvalue weighted by Gasteiger charge is 2.34. The van der Waals surface area contributed by atoms with Crippen molar-refractivity contribution in [3.05, 3.63) is 64.7 Å². The normalized spacial score (nSPS) is 17.6. The third-order valence-electron chi connectivity index (χ3n) is 3.70. The molecule has 4 heteroatoms.